The van der Waals surface area contributed by atoms with Gasteiger partial charge in [0.2, 0.25) is 11.4 Å². The molecule has 0 aliphatic carbocycles. The minimum atomic E-state index is -0.395. The van der Waals surface area contributed by atoms with Crippen molar-refractivity contribution in [3.8, 4) is 58.1 Å². The van der Waals surface area contributed by atoms with Crippen molar-refractivity contribution in [2.75, 3.05) is 0 Å². The molecule has 198 valence electrons. The van der Waals surface area contributed by atoms with Gasteiger partial charge < -0.3 is 18.9 Å². The molecular formula is C34H12B2N4O4. The van der Waals surface area contributed by atoms with Crippen LogP contribution in [0.3, 0.4) is 0 Å². The third kappa shape index (κ3) is 2.94. The van der Waals surface area contributed by atoms with Crippen molar-refractivity contribution in [3.05, 3.63) is 107 Å². The molecule has 4 heterocycles. The van der Waals surface area contributed by atoms with E-state index in [2.05, 4.69) is 21.8 Å². The molecule has 9 rings (SSSR count). The summed E-state index contributed by atoms with van der Waals surface area (Å²) >= 11 is 0. The zero-order valence-corrected chi connectivity index (χ0v) is 22.5. The summed E-state index contributed by atoms with van der Waals surface area (Å²) in [6.45, 7) is 14.9. The van der Waals surface area contributed by atoms with E-state index in [1.54, 1.807) is 0 Å². The number of nitrogens with zero attached hydrogens (tertiary/aromatic N) is 4. The van der Waals surface area contributed by atoms with Crippen molar-refractivity contribution in [1.29, 1.82) is 10.5 Å². The van der Waals surface area contributed by atoms with Crippen LogP contribution in [0.2, 0.25) is 0 Å². The number of para-hydroxylation sites is 2. The van der Waals surface area contributed by atoms with Crippen LogP contribution < -0.4 is 51.7 Å². The van der Waals surface area contributed by atoms with Crippen LogP contribution in [-0.4, -0.2) is 13.4 Å². The van der Waals surface area contributed by atoms with Gasteiger partial charge in [-0.15, -0.1) is 0 Å². The standard InChI is InChI=1S/C34H12B2N4O4/c1-39-23-12-18(16-38)32-30-33(23)42-26-10-6-4-8-20(26)36(30)21-13-22-28(14-27(21)43-32)44-34-24(40-2)11-17(15-37)31-29(34)35(22)19-7-3-5-9-25(19)41-31/h3-14H. The van der Waals surface area contributed by atoms with Crippen molar-refractivity contribution >= 4 is 57.6 Å². The minimum Gasteiger partial charge on any atom is -0.469 e. The summed E-state index contributed by atoms with van der Waals surface area (Å²) in [5.74, 6) is 3.68. The lowest BCUT2D eigenvalue weighted by Gasteiger charge is -2.37. The molecule has 5 aromatic carbocycles. The maximum absolute atomic E-state index is 10.1. The fourth-order valence-corrected chi connectivity index (χ4v) is 6.84. The maximum atomic E-state index is 10.1. The van der Waals surface area contributed by atoms with Crippen LogP contribution in [0.5, 0.6) is 46.0 Å². The van der Waals surface area contributed by atoms with E-state index in [0.717, 1.165) is 21.9 Å². The molecule has 0 saturated heterocycles. The van der Waals surface area contributed by atoms with Crippen LogP contribution >= 0.6 is 0 Å². The van der Waals surface area contributed by atoms with Gasteiger partial charge in [0, 0.05) is 17.0 Å². The Morgan fingerprint density at radius 1 is 0.523 bits per heavy atom. The molecule has 0 bridgehead atoms. The highest BCUT2D eigenvalue weighted by atomic mass is 16.5. The first kappa shape index (κ1) is 24.0. The van der Waals surface area contributed by atoms with Crippen LogP contribution in [0.25, 0.3) is 9.69 Å². The van der Waals surface area contributed by atoms with E-state index in [-0.39, 0.29) is 22.5 Å². The average Bonchev–Trinajstić information content (AvgIpc) is 3.07. The van der Waals surface area contributed by atoms with Gasteiger partial charge in [-0.2, -0.15) is 10.5 Å². The summed E-state index contributed by atoms with van der Waals surface area (Å²) in [5.41, 5.74) is 5.60. The predicted molar refractivity (Wildman–Crippen MR) is 164 cm³/mol. The second-order valence-electron chi connectivity index (χ2n) is 10.8. The van der Waals surface area contributed by atoms with E-state index in [1.165, 1.54) is 12.1 Å². The molecule has 4 aliphatic rings. The summed E-state index contributed by atoms with van der Waals surface area (Å²) in [7, 11) is 0. The van der Waals surface area contributed by atoms with Gasteiger partial charge in [-0.3, -0.25) is 0 Å². The number of ether oxygens (including phenoxy) is 4. The third-order valence-corrected chi connectivity index (χ3v) is 8.63. The number of benzene rings is 5. The normalized spacial score (nSPS) is 13.1. The molecule has 0 fully saturated rings. The van der Waals surface area contributed by atoms with Crippen LogP contribution in [0, 0.1) is 35.8 Å². The molecule has 0 saturated carbocycles. The molecule has 0 spiro atoms. The van der Waals surface area contributed by atoms with Gasteiger partial charge in [0.15, 0.2) is 0 Å². The van der Waals surface area contributed by atoms with Crippen LogP contribution in [0.1, 0.15) is 11.1 Å². The lowest BCUT2D eigenvalue weighted by molar-refractivity contribution is 0.452. The first-order chi connectivity index (χ1) is 21.6. The van der Waals surface area contributed by atoms with E-state index >= 15 is 0 Å². The predicted octanol–water partition coefficient (Wildman–Crippen LogP) is 3.99. The van der Waals surface area contributed by atoms with E-state index < -0.39 is 13.4 Å². The Kier molecular flexibility index (Phi) is 4.62. The Labute approximate surface area is 251 Å². The smallest absolute Gasteiger partial charge is 0.258 e. The molecule has 8 nitrogen and oxygen atoms in total. The molecule has 44 heavy (non-hydrogen) atoms. The van der Waals surface area contributed by atoms with Gasteiger partial charge in [-0.05, 0) is 46.1 Å². The number of nitriles is 2. The zero-order chi connectivity index (χ0) is 29.7. The first-order valence-corrected chi connectivity index (χ1v) is 13.7. The quantitative estimate of drug-likeness (QED) is 0.205. The Morgan fingerprint density at radius 3 is 1.43 bits per heavy atom. The second kappa shape index (κ2) is 8.46. The van der Waals surface area contributed by atoms with Crippen molar-refractivity contribution in [2.45, 2.75) is 0 Å². The Morgan fingerprint density at radius 2 is 0.955 bits per heavy atom. The van der Waals surface area contributed by atoms with Gasteiger partial charge >= 0.3 is 0 Å². The molecule has 0 aromatic heterocycles. The van der Waals surface area contributed by atoms with Gasteiger partial charge in [-0.25, -0.2) is 9.69 Å². The SMILES string of the molecule is [C-]#[N+]c1cc(C#N)c2c3c1Oc1ccccc1B3c1cc3c(cc1O2)Oc1c([N+]#[C-])cc(C#N)c2c1B3c1ccccc1O2. The molecule has 5 aromatic rings. The summed E-state index contributed by atoms with van der Waals surface area (Å²) in [4.78, 5) is 7.38. The zero-order valence-electron chi connectivity index (χ0n) is 22.5. The topological polar surface area (TPSA) is 93.2 Å². The maximum Gasteiger partial charge on any atom is 0.258 e. The van der Waals surface area contributed by atoms with Crippen LogP contribution in [0.15, 0.2) is 72.8 Å². The molecule has 0 atom stereocenters. The van der Waals surface area contributed by atoms with Crippen molar-refractivity contribution in [1.82, 2.24) is 0 Å². The summed E-state index contributed by atoms with van der Waals surface area (Å²) in [6.07, 6.45) is 0. The Hall–Kier alpha value is -6.61. The van der Waals surface area contributed by atoms with Crippen LogP contribution in [-0.2, 0) is 0 Å². The van der Waals surface area contributed by atoms with E-state index in [4.69, 9.17) is 32.1 Å². The lowest BCUT2D eigenvalue weighted by Crippen LogP contribution is -2.61. The highest BCUT2D eigenvalue weighted by Crippen LogP contribution is 2.45. The Bertz CT molecular complexity index is 2220. The highest BCUT2D eigenvalue weighted by molar-refractivity contribution is 7.01. The molecule has 0 amide bonds. The van der Waals surface area contributed by atoms with Gasteiger partial charge in [0.1, 0.15) is 58.1 Å². The van der Waals surface area contributed by atoms with E-state index in [0.29, 0.717) is 56.9 Å². The average molecular weight is 562 g/mol. The molecule has 0 radical (unpaired) electrons. The van der Waals surface area contributed by atoms with Gasteiger partial charge in [0.05, 0.1) is 24.3 Å². The summed E-state index contributed by atoms with van der Waals surface area (Å²) < 4.78 is 25.5. The summed E-state index contributed by atoms with van der Waals surface area (Å²) in [6, 6.07) is 26.5. The van der Waals surface area contributed by atoms with E-state index in [9.17, 15) is 10.5 Å². The number of hydrogen-bond acceptors (Lipinski definition) is 6. The second-order valence-corrected chi connectivity index (χ2v) is 10.8. The number of hydrogen-bond donors (Lipinski definition) is 0. The van der Waals surface area contributed by atoms with Crippen molar-refractivity contribution in [2.24, 2.45) is 0 Å². The number of rotatable bonds is 0. The van der Waals surface area contributed by atoms with Gasteiger partial charge in [-0.1, -0.05) is 42.5 Å². The molecular weight excluding hydrogens is 550 g/mol. The monoisotopic (exact) mass is 562 g/mol. The van der Waals surface area contributed by atoms with Gasteiger partial charge in [0.25, 0.3) is 13.4 Å². The first-order valence-electron chi connectivity index (χ1n) is 13.7. The lowest BCUT2D eigenvalue weighted by atomic mass is 9.31. The molecule has 4 aliphatic heterocycles. The summed E-state index contributed by atoms with van der Waals surface area (Å²) in [5, 5.41) is 20.1. The fraction of sp³-hybridized carbons (Fsp3) is 0. The highest BCUT2D eigenvalue weighted by Gasteiger charge is 2.47. The van der Waals surface area contributed by atoms with E-state index in [1.807, 2.05) is 60.7 Å². The van der Waals surface area contributed by atoms with Crippen molar-refractivity contribution < 1.29 is 18.9 Å². The fourth-order valence-electron chi connectivity index (χ4n) is 6.84. The number of fused-ring (bicyclic) bond motifs is 8. The largest absolute Gasteiger partial charge is 0.469 e. The van der Waals surface area contributed by atoms with Crippen molar-refractivity contribution in [3.63, 3.8) is 0 Å². The minimum absolute atomic E-state index is 0.212. The molecule has 0 unspecified atom stereocenters. The molecule has 10 heteroatoms. The third-order valence-electron chi connectivity index (χ3n) is 8.63. The molecule has 0 N–H and O–H groups in total. The van der Waals surface area contributed by atoms with Crippen LogP contribution in [0.4, 0.5) is 11.4 Å². The Balaban J connectivity index is 1.36.